The predicted molar refractivity (Wildman–Crippen MR) is 162 cm³/mol. The highest BCUT2D eigenvalue weighted by atomic mass is 16.8. The topological polar surface area (TPSA) is 92.6 Å². The lowest BCUT2D eigenvalue weighted by molar-refractivity contribution is -0.198. The van der Waals surface area contributed by atoms with E-state index < -0.39 is 18.1 Å². The smallest absolute Gasteiger partial charge is 0.185 e. The summed E-state index contributed by atoms with van der Waals surface area (Å²) < 4.78 is 28.0. The Labute approximate surface area is 250 Å². The molecule has 1 N–H and O–H groups in total. The van der Waals surface area contributed by atoms with Gasteiger partial charge in [0.25, 0.3) is 0 Å². The average molecular weight is 578 g/mol. The Hall–Kier alpha value is -4.15. The van der Waals surface area contributed by atoms with E-state index in [2.05, 4.69) is 46.5 Å². The molecule has 4 heterocycles. The maximum atomic E-state index is 6.76. The Morgan fingerprint density at radius 3 is 2.33 bits per heavy atom. The quantitative estimate of drug-likeness (QED) is 0.228. The van der Waals surface area contributed by atoms with Crippen LogP contribution in [0.5, 0.6) is 0 Å². The van der Waals surface area contributed by atoms with Gasteiger partial charge in [-0.2, -0.15) is 0 Å². The molecule has 5 aromatic rings. The minimum atomic E-state index is -0.953. The van der Waals surface area contributed by atoms with E-state index in [4.69, 9.17) is 23.9 Å². The Bertz CT molecular complexity index is 1650. The van der Waals surface area contributed by atoms with Crippen molar-refractivity contribution in [2.45, 2.75) is 63.2 Å². The predicted octanol–water partition coefficient (Wildman–Crippen LogP) is 5.64. The first-order chi connectivity index (χ1) is 21.1. The van der Waals surface area contributed by atoms with Crippen molar-refractivity contribution in [1.82, 2.24) is 19.5 Å². The van der Waals surface area contributed by atoms with E-state index in [1.165, 1.54) is 5.56 Å². The van der Waals surface area contributed by atoms with E-state index in [1.54, 1.807) is 12.7 Å². The molecule has 2 saturated heterocycles. The molecule has 3 aromatic carbocycles. The highest BCUT2D eigenvalue weighted by Gasteiger charge is 2.60. The number of imidazole rings is 1. The van der Waals surface area contributed by atoms with Crippen molar-refractivity contribution in [1.29, 1.82) is 0 Å². The van der Waals surface area contributed by atoms with Gasteiger partial charge in [-0.05, 0) is 31.4 Å². The first-order valence-corrected chi connectivity index (χ1v) is 14.7. The third-order valence-corrected chi connectivity index (χ3v) is 8.18. The van der Waals surface area contributed by atoms with E-state index in [-0.39, 0.29) is 18.2 Å². The molecule has 0 aliphatic carbocycles. The van der Waals surface area contributed by atoms with Crippen molar-refractivity contribution < 1.29 is 18.9 Å². The van der Waals surface area contributed by atoms with Crippen LogP contribution in [0.15, 0.2) is 104 Å². The highest BCUT2D eigenvalue weighted by Crippen LogP contribution is 2.48. The van der Waals surface area contributed by atoms with Crippen LogP contribution in [0.1, 0.15) is 36.8 Å². The number of ether oxygens (including phenoxy) is 4. The zero-order valence-corrected chi connectivity index (χ0v) is 24.2. The molecule has 43 heavy (non-hydrogen) atoms. The van der Waals surface area contributed by atoms with Crippen LogP contribution in [0, 0.1) is 0 Å². The van der Waals surface area contributed by atoms with Crippen LogP contribution in [0.2, 0.25) is 0 Å². The van der Waals surface area contributed by atoms with Crippen LogP contribution in [0.3, 0.4) is 0 Å². The molecular weight excluding hydrogens is 542 g/mol. The molecule has 2 aliphatic rings. The van der Waals surface area contributed by atoms with E-state index in [0.717, 1.165) is 17.5 Å². The molecule has 0 saturated carbocycles. The Morgan fingerprint density at radius 2 is 1.58 bits per heavy atom. The summed E-state index contributed by atoms with van der Waals surface area (Å²) in [6, 6.07) is 30.6. The van der Waals surface area contributed by atoms with E-state index in [9.17, 15) is 0 Å². The monoisotopic (exact) mass is 577 g/mol. The summed E-state index contributed by atoms with van der Waals surface area (Å²) >= 11 is 0. The lowest BCUT2D eigenvalue weighted by Crippen LogP contribution is -2.42. The van der Waals surface area contributed by atoms with Gasteiger partial charge < -0.3 is 24.3 Å². The molecule has 0 bridgehead atoms. The zero-order valence-electron chi connectivity index (χ0n) is 24.2. The Kier molecular flexibility index (Phi) is 7.63. The molecule has 6 atom stereocenters. The summed E-state index contributed by atoms with van der Waals surface area (Å²) in [5, 5.41) is 3.53. The lowest BCUT2D eigenvalue weighted by Gasteiger charge is -2.31. The zero-order chi connectivity index (χ0) is 29.2. The second kappa shape index (κ2) is 11.9. The fourth-order valence-corrected chi connectivity index (χ4v) is 6.09. The molecule has 1 unspecified atom stereocenters. The van der Waals surface area contributed by atoms with Crippen LogP contribution < -0.4 is 5.32 Å². The highest BCUT2D eigenvalue weighted by molar-refractivity contribution is 5.83. The number of rotatable bonds is 10. The Morgan fingerprint density at radius 1 is 0.884 bits per heavy atom. The summed E-state index contributed by atoms with van der Waals surface area (Å²) in [4.78, 5) is 13.9. The molecule has 2 aromatic heterocycles. The van der Waals surface area contributed by atoms with Gasteiger partial charge in [0, 0.05) is 11.6 Å². The standard InChI is InChI=1S/C34H35N5O4/c1-23(18-24-12-6-3-7-13-24)38-31-28-32(36-21-35-31)39(22-37-28)34(2)30-29(41-33(42-30)26-16-10-5-11-17-26)27(43-34)20-40-19-25-14-8-4-9-15-25/h3-17,21-23,27,29-30,33H,18-20H2,1-2H3,(H,35,36,38)/t23-,27+,29+,30+,33?,34+/m0/s1. The number of fused-ring (bicyclic) bond motifs is 2. The molecular formula is C34H35N5O4. The van der Waals surface area contributed by atoms with Crippen molar-refractivity contribution in [3.8, 4) is 0 Å². The number of benzene rings is 3. The van der Waals surface area contributed by atoms with Crippen LogP contribution in [0.25, 0.3) is 11.2 Å². The third kappa shape index (κ3) is 5.52. The molecule has 9 nitrogen and oxygen atoms in total. The number of aromatic nitrogens is 4. The normalized spacial score (nSPS) is 25.5. The minimum Gasteiger partial charge on any atom is -0.374 e. The molecule has 9 heteroatoms. The van der Waals surface area contributed by atoms with Gasteiger partial charge >= 0.3 is 0 Å². The van der Waals surface area contributed by atoms with Crippen LogP contribution in [0.4, 0.5) is 5.82 Å². The average Bonchev–Trinajstić information content (AvgIpc) is 3.74. The van der Waals surface area contributed by atoms with Gasteiger partial charge in [-0.1, -0.05) is 91.0 Å². The van der Waals surface area contributed by atoms with E-state index in [0.29, 0.717) is 30.2 Å². The molecule has 7 rings (SSSR count). The van der Waals surface area contributed by atoms with Gasteiger partial charge in [-0.25, -0.2) is 15.0 Å². The van der Waals surface area contributed by atoms with E-state index >= 15 is 0 Å². The second-order valence-corrected chi connectivity index (χ2v) is 11.4. The van der Waals surface area contributed by atoms with Gasteiger partial charge in [-0.15, -0.1) is 0 Å². The van der Waals surface area contributed by atoms with Gasteiger partial charge in [-0.3, -0.25) is 4.57 Å². The summed E-state index contributed by atoms with van der Waals surface area (Å²) in [5.74, 6) is 0.679. The number of hydrogen-bond donors (Lipinski definition) is 1. The minimum absolute atomic E-state index is 0.137. The first-order valence-electron chi connectivity index (χ1n) is 14.7. The van der Waals surface area contributed by atoms with Crippen molar-refractivity contribution in [2.24, 2.45) is 0 Å². The fourth-order valence-electron chi connectivity index (χ4n) is 6.09. The van der Waals surface area contributed by atoms with Crippen molar-refractivity contribution in [2.75, 3.05) is 11.9 Å². The van der Waals surface area contributed by atoms with Crippen LogP contribution >= 0.6 is 0 Å². The summed E-state index contributed by atoms with van der Waals surface area (Å²) in [5.41, 5.74) is 3.69. The molecule has 2 fully saturated rings. The van der Waals surface area contributed by atoms with Crippen LogP contribution in [-0.2, 0) is 37.7 Å². The fraction of sp³-hybridized carbons (Fsp3) is 0.324. The molecule has 0 spiro atoms. The molecule has 220 valence electrons. The summed E-state index contributed by atoms with van der Waals surface area (Å²) in [6.45, 7) is 4.97. The van der Waals surface area contributed by atoms with Crippen LogP contribution in [-0.4, -0.2) is 50.5 Å². The van der Waals surface area contributed by atoms with Gasteiger partial charge in [0.05, 0.1) is 19.5 Å². The molecule has 0 radical (unpaired) electrons. The Balaban J connectivity index is 1.16. The number of anilines is 1. The van der Waals surface area contributed by atoms with Gasteiger partial charge in [0.2, 0.25) is 0 Å². The summed E-state index contributed by atoms with van der Waals surface area (Å²) in [7, 11) is 0. The van der Waals surface area contributed by atoms with Crippen molar-refractivity contribution in [3.05, 3.63) is 120 Å². The van der Waals surface area contributed by atoms with E-state index in [1.807, 2.05) is 78.2 Å². The summed E-state index contributed by atoms with van der Waals surface area (Å²) in [6.07, 6.45) is 2.52. The van der Waals surface area contributed by atoms with Gasteiger partial charge in [0.15, 0.2) is 29.0 Å². The van der Waals surface area contributed by atoms with Crippen molar-refractivity contribution >= 4 is 17.0 Å². The third-order valence-electron chi connectivity index (χ3n) is 8.18. The maximum absolute atomic E-state index is 6.76. The number of hydrogen-bond acceptors (Lipinski definition) is 8. The van der Waals surface area contributed by atoms with Crippen molar-refractivity contribution in [3.63, 3.8) is 0 Å². The number of nitrogens with zero attached hydrogens (tertiary/aromatic N) is 4. The lowest BCUT2D eigenvalue weighted by atomic mass is 10.0. The second-order valence-electron chi connectivity index (χ2n) is 11.4. The maximum Gasteiger partial charge on any atom is 0.185 e. The molecule has 2 aliphatic heterocycles. The SMILES string of the molecule is C[C@@H](Cc1ccccc1)Nc1ncnc2c1ncn2[C@]1(C)O[C@H](COCc2ccccc2)[C@H]2OC(c3ccccc3)O[C@H]21. The van der Waals surface area contributed by atoms with Gasteiger partial charge in [0.1, 0.15) is 24.6 Å². The first kappa shape index (κ1) is 27.7. The largest absolute Gasteiger partial charge is 0.374 e. The molecule has 0 amide bonds. The number of nitrogens with one attached hydrogen (secondary N) is 1.